The fourth-order valence-corrected chi connectivity index (χ4v) is 2.56. The molecule has 3 rings (SSSR count). The van der Waals surface area contributed by atoms with Gasteiger partial charge in [-0.1, -0.05) is 30.3 Å². The van der Waals surface area contributed by atoms with E-state index in [1.54, 1.807) is 0 Å². The normalized spacial score (nSPS) is 15.9. The van der Waals surface area contributed by atoms with Gasteiger partial charge >= 0.3 is 0 Å². The van der Waals surface area contributed by atoms with Crippen molar-refractivity contribution in [2.24, 2.45) is 5.92 Å². The van der Waals surface area contributed by atoms with E-state index in [2.05, 4.69) is 4.98 Å². The van der Waals surface area contributed by atoms with Crippen molar-refractivity contribution in [3.63, 3.8) is 0 Å². The Morgan fingerprint density at radius 1 is 1.24 bits per heavy atom. The zero-order valence-electron chi connectivity index (χ0n) is 12.5. The van der Waals surface area contributed by atoms with Crippen molar-refractivity contribution in [2.45, 2.75) is 32.8 Å². The van der Waals surface area contributed by atoms with Crippen LogP contribution in [-0.2, 0) is 4.74 Å². The Kier molecular flexibility index (Phi) is 3.88. The Bertz CT molecular complexity index is 623. The quantitative estimate of drug-likeness (QED) is 0.912. The summed E-state index contributed by atoms with van der Waals surface area (Å²) in [5.74, 6) is 1.81. The molecule has 2 aromatic rings. The van der Waals surface area contributed by atoms with E-state index in [0.717, 1.165) is 22.6 Å². The van der Waals surface area contributed by atoms with Crippen molar-refractivity contribution in [3.8, 4) is 11.3 Å². The molecule has 0 amide bonds. The van der Waals surface area contributed by atoms with E-state index in [0.29, 0.717) is 18.3 Å². The van der Waals surface area contributed by atoms with Crippen LogP contribution >= 0.6 is 0 Å². The first-order chi connectivity index (χ1) is 10.2. The second-order valence-corrected chi connectivity index (χ2v) is 5.52. The number of hydrogen-bond donors (Lipinski definition) is 1. The van der Waals surface area contributed by atoms with Crippen LogP contribution in [0.5, 0.6) is 0 Å². The molecule has 0 radical (unpaired) electrons. The molecule has 0 bridgehead atoms. The largest absolute Gasteiger partial charge is 0.383 e. The summed E-state index contributed by atoms with van der Waals surface area (Å²) >= 11 is 0. The van der Waals surface area contributed by atoms with Crippen molar-refractivity contribution in [1.82, 2.24) is 9.97 Å². The van der Waals surface area contributed by atoms with Gasteiger partial charge in [0.2, 0.25) is 0 Å². The molecule has 4 heteroatoms. The van der Waals surface area contributed by atoms with E-state index in [1.807, 2.05) is 44.2 Å². The van der Waals surface area contributed by atoms with Crippen LogP contribution in [0.3, 0.4) is 0 Å². The lowest BCUT2D eigenvalue weighted by molar-refractivity contribution is 0.0402. The second kappa shape index (κ2) is 5.82. The summed E-state index contributed by atoms with van der Waals surface area (Å²) in [6, 6.07) is 10.1. The first-order valence-electron chi connectivity index (χ1n) is 7.51. The van der Waals surface area contributed by atoms with Crippen molar-refractivity contribution >= 4 is 5.82 Å². The van der Waals surface area contributed by atoms with Gasteiger partial charge in [0.1, 0.15) is 11.9 Å². The molecule has 1 aliphatic rings. The van der Waals surface area contributed by atoms with Crippen molar-refractivity contribution in [3.05, 3.63) is 41.7 Å². The summed E-state index contributed by atoms with van der Waals surface area (Å²) in [5.41, 5.74) is 9.01. The number of ether oxygens (including phenoxy) is 1. The lowest BCUT2D eigenvalue weighted by Gasteiger charge is -2.17. The number of nitrogens with zero attached hydrogens (tertiary/aromatic N) is 2. The Labute approximate surface area is 125 Å². The minimum Gasteiger partial charge on any atom is -0.383 e. The number of hydrogen-bond acceptors (Lipinski definition) is 4. The van der Waals surface area contributed by atoms with Gasteiger partial charge in [0.25, 0.3) is 0 Å². The van der Waals surface area contributed by atoms with E-state index in [9.17, 15) is 0 Å². The molecule has 4 nitrogen and oxygen atoms in total. The third kappa shape index (κ3) is 2.90. The van der Waals surface area contributed by atoms with Crippen molar-refractivity contribution in [2.75, 3.05) is 12.3 Å². The Balaban J connectivity index is 2.04. The summed E-state index contributed by atoms with van der Waals surface area (Å²) in [4.78, 5) is 9.25. The van der Waals surface area contributed by atoms with Crippen LogP contribution in [0.1, 0.15) is 37.3 Å². The van der Waals surface area contributed by atoms with Gasteiger partial charge in [0.15, 0.2) is 5.82 Å². The molecule has 1 heterocycles. The van der Waals surface area contributed by atoms with Gasteiger partial charge < -0.3 is 10.5 Å². The first-order valence-corrected chi connectivity index (χ1v) is 7.51. The Morgan fingerprint density at radius 3 is 2.57 bits per heavy atom. The smallest absolute Gasteiger partial charge is 0.160 e. The van der Waals surface area contributed by atoms with E-state index in [1.165, 1.54) is 12.8 Å². The molecular formula is C17H21N3O. The van der Waals surface area contributed by atoms with E-state index in [4.69, 9.17) is 15.5 Å². The third-order valence-corrected chi connectivity index (χ3v) is 3.90. The average Bonchev–Trinajstić information content (AvgIpc) is 3.33. The molecule has 1 aromatic heterocycles. The molecule has 110 valence electrons. The fraction of sp³-hybridized carbons (Fsp3) is 0.412. The average molecular weight is 283 g/mol. The van der Waals surface area contributed by atoms with Crippen LogP contribution < -0.4 is 5.73 Å². The van der Waals surface area contributed by atoms with E-state index in [-0.39, 0.29) is 6.10 Å². The molecule has 0 aliphatic heterocycles. The highest BCUT2D eigenvalue weighted by atomic mass is 16.5. The SMILES string of the molecule is CCOC(c1nc(N)c(C)c(-c2ccccc2)n1)C1CC1. The summed E-state index contributed by atoms with van der Waals surface area (Å²) in [6.07, 6.45) is 2.34. The Hall–Kier alpha value is -1.94. The maximum absolute atomic E-state index is 6.11. The molecule has 21 heavy (non-hydrogen) atoms. The topological polar surface area (TPSA) is 61.0 Å². The molecule has 1 aliphatic carbocycles. The zero-order valence-corrected chi connectivity index (χ0v) is 12.5. The molecule has 2 N–H and O–H groups in total. The summed E-state index contributed by atoms with van der Waals surface area (Å²) in [7, 11) is 0. The Morgan fingerprint density at radius 2 is 1.95 bits per heavy atom. The second-order valence-electron chi connectivity index (χ2n) is 5.52. The maximum atomic E-state index is 6.11. The molecule has 1 unspecified atom stereocenters. The first kappa shape index (κ1) is 14.0. The highest BCUT2D eigenvalue weighted by molar-refractivity contribution is 5.67. The molecule has 0 spiro atoms. The van der Waals surface area contributed by atoms with Gasteiger partial charge in [0.05, 0.1) is 5.69 Å². The van der Waals surface area contributed by atoms with Crippen LogP contribution in [0, 0.1) is 12.8 Å². The predicted octanol–water partition coefficient (Wildman–Crippen LogP) is 3.52. The van der Waals surface area contributed by atoms with Gasteiger partial charge in [-0.15, -0.1) is 0 Å². The van der Waals surface area contributed by atoms with Crippen molar-refractivity contribution in [1.29, 1.82) is 0 Å². The molecule has 1 atom stereocenters. The number of benzene rings is 1. The number of nitrogen functional groups attached to an aromatic ring is 1. The number of anilines is 1. The van der Waals surface area contributed by atoms with Crippen LogP contribution in [0.15, 0.2) is 30.3 Å². The maximum Gasteiger partial charge on any atom is 0.160 e. The summed E-state index contributed by atoms with van der Waals surface area (Å²) in [6.45, 7) is 4.64. The third-order valence-electron chi connectivity index (χ3n) is 3.90. The van der Waals surface area contributed by atoms with Gasteiger partial charge in [-0.05, 0) is 32.6 Å². The summed E-state index contributed by atoms with van der Waals surface area (Å²) in [5, 5.41) is 0. The van der Waals surface area contributed by atoms with Gasteiger partial charge in [0, 0.05) is 17.7 Å². The number of nitrogens with two attached hydrogens (primary N) is 1. The minimum atomic E-state index is -0.0274. The van der Waals surface area contributed by atoms with E-state index < -0.39 is 0 Å². The van der Waals surface area contributed by atoms with Gasteiger partial charge in [-0.2, -0.15) is 0 Å². The van der Waals surface area contributed by atoms with Gasteiger partial charge in [-0.3, -0.25) is 0 Å². The highest BCUT2D eigenvalue weighted by Gasteiger charge is 2.35. The molecular weight excluding hydrogens is 262 g/mol. The molecule has 1 aromatic carbocycles. The number of rotatable bonds is 5. The van der Waals surface area contributed by atoms with Gasteiger partial charge in [-0.25, -0.2) is 9.97 Å². The fourth-order valence-electron chi connectivity index (χ4n) is 2.56. The monoisotopic (exact) mass is 283 g/mol. The molecule has 1 saturated carbocycles. The zero-order chi connectivity index (χ0) is 14.8. The highest BCUT2D eigenvalue weighted by Crippen LogP contribution is 2.43. The van der Waals surface area contributed by atoms with E-state index >= 15 is 0 Å². The number of aromatic nitrogens is 2. The molecule has 0 saturated heterocycles. The summed E-state index contributed by atoms with van der Waals surface area (Å²) < 4.78 is 5.86. The lowest BCUT2D eigenvalue weighted by Crippen LogP contribution is -2.14. The lowest BCUT2D eigenvalue weighted by atomic mass is 10.1. The minimum absolute atomic E-state index is 0.0274. The van der Waals surface area contributed by atoms with Crippen LogP contribution in [0.4, 0.5) is 5.82 Å². The van der Waals surface area contributed by atoms with Crippen LogP contribution in [-0.4, -0.2) is 16.6 Å². The standard InChI is InChI=1S/C17H21N3O/c1-3-21-15(13-9-10-13)17-19-14(11(2)16(18)20-17)12-7-5-4-6-8-12/h4-8,13,15H,3,9-10H2,1-2H3,(H2,18,19,20). The molecule has 1 fully saturated rings. The predicted molar refractivity (Wildman–Crippen MR) is 83.7 cm³/mol. The van der Waals surface area contributed by atoms with Crippen LogP contribution in [0.2, 0.25) is 0 Å². The van der Waals surface area contributed by atoms with Crippen molar-refractivity contribution < 1.29 is 4.74 Å². The van der Waals surface area contributed by atoms with Crippen LogP contribution in [0.25, 0.3) is 11.3 Å².